The second-order valence-corrected chi connectivity index (χ2v) is 4.33. The first-order valence-electron chi connectivity index (χ1n) is 6.32. The molecule has 5 heteroatoms. The average Bonchev–Trinajstić information content (AvgIpc) is 2.44. The van der Waals surface area contributed by atoms with Crippen molar-refractivity contribution in [2.24, 2.45) is 5.73 Å². The van der Waals surface area contributed by atoms with Crippen LogP contribution in [0.15, 0.2) is 12.1 Å². The molecule has 0 saturated carbocycles. The Balaban J connectivity index is 3.23. The fourth-order valence-corrected chi connectivity index (χ4v) is 2.03. The number of ether oxygens (including phenoxy) is 3. The molecule has 0 aliphatic carbocycles. The fraction of sp³-hybridized carbons (Fsp3) is 0.571. The summed E-state index contributed by atoms with van der Waals surface area (Å²) in [7, 11) is 4.67. The molecule has 19 heavy (non-hydrogen) atoms. The zero-order chi connectivity index (χ0) is 14.4. The monoisotopic (exact) mass is 269 g/mol. The van der Waals surface area contributed by atoms with Crippen molar-refractivity contribution in [1.29, 1.82) is 0 Å². The maximum Gasteiger partial charge on any atom is 0.131 e. The van der Waals surface area contributed by atoms with Crippen LogP contribution in [0.3, 0.4) is 0 Å². The topological polar surface area (TPSA) is 73.9 Å². The maximum atomic E-state index is 10.1. The normalized spacial score (nSPS) is 13.8. The molecule has 0 saturated heterocycles. The second kappa shape index (κ2) is 7.21. The molecule has 0 bridgehead atoms. The summed E-state index contributed by atoms with van der Waals surface area (Å²) < 4.78 is 15.8. The van der Waals surface area contributed by atoms with Crippen LogP contribution in [-0.2, 0) is 0 Å². The van der Waals surface area contributed by atoms with Gasteiger partial charge in [-0.3, -0.25) is 0 Å². The Morgan fingerprint density at radius 2 is 1.63 bits per heavy atom. The predicted molar refractivity (Wildman–Crippen MR) is 73.9 cm³/mol. The number of benzene rings is 1. The van der Waals surface area contributed by atoms with Crippen molar-refractivity contribution in [3.8, 4) is 17.2 Å². The summed E-state index contributed by atoms with van der Waals surface area (Å²) in [6.07, 6.45) is 0.844. The van der Waals surface area contributed by atoms with Gasteiger partial charge in [0.2, 0.25) is 0 Å². The van der Waals surface area contributed by atoms with E-state index in [9.17, 15) is 5.11 Å². The van der Waals surface area contributed by atoms with Crippen molar-refractivity contribution in [2.75, 3.05) is 21.3 Å². The quantitative estimate of drug-likeness (QED) is 0.790. The van der Waals surface area contributed by atoms with Crippen LogP contribution in [0.4, 0.5) is 0 Å². The minimum absolute atomic E-state index is 0.554. The van der Waals surface area contributed by atoms with Crippen molar-refractivity contribution in [2.45, 2.75) is 31.9 Å². The molecule has 2 atom stereocenters. The van der Waals surface area contributed by atoms with Gasteiger partial charge in [-0.15, -0.1) is 0 Å². The molecule has 0 radical (unpaired) electrons. The standard InChI is InChI=1S/C14H23NO4/c1-5-6-10(16)14(15)13-11(18-3)7-9(17-2)8-12(13)19-4/h7-8,10,14,16H,5-6,15H2,1-4H3/t10-,14-/m0/s1. The Morgan fingerprint density at radius 1 is 1.11 bits per heavy atom. The highest BCUT2D eigenvalue weighted by molar-refractivity contribution is 5.52. The Hall–Kier alpha value is -1.46. The lowest BCUT2D eigenvalue weighted by Crippen LogP contribution is -2.27. The molecule has 0 unspecified atom stereocenters. The van der Waals surface area contributed by atoms with E-state index in [0.717, 1.165) is 6.42 Å². The minimum atomic E-state index is -0.638. The van der Waals surface area contributed by atoms with Crippen molar-refractivity contribution in [3.63, 3.8) is 0 Å². The van der Waals surface area contributed by atoms with Crippen LogP contribution in [0.5, 0.6) is 17.2 Å². The molecule has 0 aromatic heterocycles. The number of aliphatic hydroxyl groups excluding tert-OH is 1. The molecular formula is C14H23NO4. The Labute approximate surface area is 114 Å². The third kappa shape index (κ3) is 3.52. The summed E-state index contributed by atoms with van der Waals surface area (Å²) in [4.78, 5) is 0. The van der Waals surface area contributed by atoms with Gasteiger partial charge in [-0.2, -0.15) is 0 Å². The minimum Gasteiger partial charge on any atom is -0.496 e. The van der Waals surface area contributed by atoms with E-state index in [4.69, 9.17) is 19.9 Å². The number of hydrogen-bond acceptors (Lipinski definition) is 5. The summed E-state index contributed by atoms with van der Waals surface area (Å²) in [5.41, 5.74) is 6.78. The largest absolute Gasteiger partial charge is 0.496 e. The first-order chi connectivity index (χ1) is 9.08. The number of rotatable bonds is 7. The molecule has 0 heterocycles. The number of methoxy groups -OCH3 is 3. The number of aliphatic hydroxyl groups is 1. The summed E-state index contributed by atoms with van der Waals surface area (Å²) in [6, 6.07) is 2.91. The Kier molecular flexibility index (Phi) is 5.92. The highest BCUT2D eigenvalue weighted by Crippen LogP contribution is 2.38. The van der Waals surface area contributed by atoms with Crippen LogP contribution in [-0.4, -0.2) is 32.5 Å². The van der Waals surface area contributed by atoms with Crippen molar-refractivity contribution >= 4 is 0 Å². The maximum absolute atomic E-state index is 10.1. The molecule has 1 aromatic carbocycles. The zero-order valence-electron chi connectivity index (χ0n) is 12.0. The first-order valence-corrected chi connectivity index (χ1v) is 6.32. The summed E-state index contributed by atoms with van der Waals surface area (Å²) in [5, 5.41) is 10.1. The van der Waals surface area contributed by atoms with Gasteiger partial charge in [0, 0.05) is 12.1 Å². The third-order valence-electron chi connectivity index (χ3n) is 3.09. The number of hydrogen-bond donors (Lipinski definition) is 2. The van der Waals surface area contributed by atoms with Gasteiger partial charge in [-0.05, 0) is 6.42 Å². The molecule has 1 aromatic rings. The summed E-state index contributed by atoms with van der Waals surface area (Å²) >= 11 is 0. The molecule has 1 rings (SSSR count). The molecule has 108 valence electrons. The van der Waals surface area contributed by atoms with E-state index in [-0.39, 0.29) is 0 Å². The molecule has 5 nitrogen and oxygen atoms in total. The van der Waals surface area contributed by atoms with E-state index in [1.54, 1.807) is 33.5 Å². The Bertz CT molecular complexity index is 383. The van der Waals surface area contributed by atoms with E-state index in [0.29, 0.717) is 29.2 Å². The predicted octanol–water partition coefficient (Wildman–Crippen LogP) is 1.87. The van der Waals surface area contributed by atoms with Crippen molar-refractivity contribution in [3.05, 3.63) is 17.7 Å². The van der Waals surface area contributed by atoms with Gasteiger partial charge < -0.3 is 25.1 Å². The molecule has 0 fully saturated rings. The highest BCUT2D eigenvalue weighted by atomic mass is 16.5. The van der Waals surface area contributed by atoms with Gasteiger partial charge in [-0.1, -0.05) is 13.3 Å². The van der Waals surface area contributed by atoms with E-state index in [2.05, 4.69) is 0 Å². The zero-order valence-corrected chi connectivity index (χ0v) is 12.0. The molecule has 3 N–H and O–H groups in total. The van der Waals surface area contributed by atoms with Gasteiger partial charge >= 0.3 is 0 Å². The van der Waals surface area contributed by atoms with E-state index in [1.165, 1.54) is 0 Å². The molecule has 0 amide bonds. The lowest BCUT2D eigenvalue weighted by atomic mass is 9.97. The van der Waals surface area contributed by atoms with Crippen LogP contribution in [0.2, 0.25) is 0 Å². The summed E-state index contributed by atoms with van der Waals surface area (Å²) in [6.45, 7) is 2.00. The van der Waals surface area contributed by atoms with Crippen molar-refractivity contribution < 1.29 is 19.3 Å². The van der Waals surface area contributed by atoms with Gasteiger partial charge in [-0.25, -0.2) is 0 Å². The van der Waals surface area contributed by atoms with E-state index >= 15 is 0 Å². The average molecular weight is 269 g/mol. The molecule has 0 aliphatic heterocycles. The lowest BCUT2D eigenvalue weighted by Gasteiger charge is -2.23. The van der Waals surface area contributed by atoms with Gasteiger partial charge in [0.05, 0.1) is 39.0 Å². The van der Waals surface area contributed by atoms with E-state index in [1.807, 2.05) is 6.92 Å². The van der Waals surface area contributed by atoms with Crippen LogP contribution in [0, 0.1) is 0 Å². The first kappa shape index (κ1) is 15.6. The van der Waals surface area contributed by atoms with Crippen LogP contribution >= 0.6 is 0 Å². The SMILES string of the molecule is CCC[C@H](O)[C@H](N)c1c(OC)cc(OC)cc1OC. The van der Waals surface area contributed by atoms with Crippen LogP contribution in [0.1, 0.15) is 31.4 Å². The molecule has 0 spiro atoms. The number of nitrogens with two attached hydrogens (primary N) is 1. The Morgan fingerprint density at radius 3 is 2.00 bits per heavy atom. The lowest BCUT2D eigenvalue weighted by molar-refractivity contribution is 0.131. The van der Waals surface area contributed by atoms with Gasteiger partial charge in [0.15, 0.2) is 0 Å². The van der Waals surface area contributed by atoms with Crippen LogP contribution in [0.25, 0.3) is 0 Å². The molecular weight excluding hydrogens is 246 g/mol. The van der Waals surface area contributed by atoms with Crippen molar-refractivity contribution in [1.82, 2.24) is 0 Å². The van der Waals surface area contributed by atoms with Crippen LogP contribution < -0.4 is 19.9 Å². The van der Waals surface area contributed by atoms with Gasteiger partial charge in [0.1, 0.15) is 17.2 Å². The van der Waals surface area contributed by atoms with Gasteiger partial charge in [0.25, 0.3) is 0 Å². The highest BCUT2D eigenvalue weighted by Gasteiger charge is 2.24. The van der Waals surface area contributed by atoms with E-state index < -0.39 is 12.1 Å². The second-order valence-electron chi connectivity index (χ2n) is 4.33. The smallest absolute Gasteiger partial charge is 0.131 e. The fourth-order valence-electron chi connectivity index (χ4n) is 2.03. The third-order valence-corrected chi connectivity index (χ3v) is 3.09. The summed E-state index contributed by atoms with van der Waals surface area (Å²) in [5.74, 6) is 1.73. The molecule has 0 aliphatic rings.